The van der Waals surface area contributed by atoms with Crippen LogP contribution in [0.4, 0.5) is 0 Å². The van der Waals surface area contributed by atoms with Crippen LogP contribution in [0.3, 0.4) is 0 Å². The van der Waals surface area contributed by atoms with Crippen molar-refractivity contribution in [3.05, 3.63) is 65.9 Å². The molecule has 2 aromatic carbocycles. The van der Waals surface area contributed by atoms with Gasteiger partial charge in [0.15, 0.2) is 0 Å². The summed E-state index contributed by atoms with van der Waals surface area (Å²) in [6, 6.07) is 12.6. The van der Waals surface area contributed by atoms with Crippen molar-refractivity contribution in [1.29, 1.82) is 0 Å². The van der Waals surface area contributed by atoms with E-state index in [1.165, 1.54) is 6.08 Å². The van der Waals surface area contributed by atoms with E-state index in [-0.39, 0.29) is 11.7 Å². The van der Waals surface area contributed by atoms with Gasteiger partial charge in [-0.25, -0.2) is 0 Å². The molecule has 0 atom stereocenters. The lowest BCUT2D eigenvalue weighted by molar-refractivity contribution is -0.116. The summed E-state index contributed by atoms with van der Waals surface area (Å²) >= 11 is 0. The van der Waals surface area contributed by atoms with E-state index in [0.29, 0.717) is 6.54 Å². The molecule has 0 spiro atoms. The number of amides is 1. The van der Waals surface area contributed by atoms with Gasteiger partial charge in [-0.15, -0.1) is 0 Å². The lowest BCUT2D eigenvalue weighted by Gasteiger charge is -2.03. The average Bonchev–Trinajstić information content (AvgIpc) is 3.03. The van der Waals surface area contributed by atoms with Crippen LogP contribution in [0.1, 0.15) is 11.1 Å². The largest absolute Gasteiger partial charge is 0.508 e. The monoisotopic (exact) mass is 336 g/mol. The van der Waals surface area contributed by atoms with Crippen molar-refractivity contribution in [3.63, 3.8) is 0 Å². The molecule has 0 radical (unpaired) electrons. The number of ether oxygens (including phenoxy) is 1. The molecule has 0 fully saturated rings. The minimum atomic E-state index is -0.148. The number of phenols is 1. The van der Waals surface area contributed by atoms with Crippen LogP contribution in [-0.2, 0) is 11.2 Å². The number of aromatic hydroxyl groups is 1. The molecule has 0 aliphatic rings. The molecular formula is C20H20N2O3. The highest BCUT2D eigenvalue weighted by Crippen LogP contribution is 2.23. The number of aromatic nitrogens is 1. The first-order chi connectivity index (χ1) is 12.2. The number of fused-ring (bicyclic) bond motifs is 1. The normalized spacial score (nSPS) is 11.1. The van der Waals surface area contributed by atoms with E-state index in [1.807, 2.05) is 24.4 Å². The number of carbonyl (C=O) groups excluding carboxylic acids is 1. The van der Waals surface area contributed by atoms with Crippen LogP contribution < -0.4 is 10.1 Å². The zero-order chi connectivity index (χ0) is 17.6. The van der Waals surface area contributed by atoms with Crippen molar-refractivity contribution in [3.8, 4) is 11.5 Å². The summed E-state index contributed by atoms with van der Waals surface area (Å²) in [4.78, 5) is 15.1. The van der Waals surface area contributed by atoms with Gasteiger partial charge >= 0.3 is 0 Å². The van der Waals surface area contributed by atoms with Gasteiger partial charge in [0.05, 0.1) is 7.11 Å². The van der Waals surface area contributed by atoms with Crippen molar-refractivity contribution < 1.29 is 14.6 Å². The molecule has 3 rings (SSSR count). The third-order valence-corrected chi connectivity index (χ3v) is 3.99. The maximum absolute atomic E-state index is 11.9. The number of phenolic OH excluding ortho intramolecular Hbond substituents is 1. The van der Waals surface area contributed by atoms with Crippen molar-refractivity contribution in [2.24, 2.45) is 0 Å². The lowest BCUT2D eigenvalue weighted by Crippen LogP contribution is -2.23. The Bertz CT molecular complexity index is 895. The highest BCUT2D eigenvalue weighted by Gasteiger charge is 2.05. The number of hydrogen-bond acceptors (Lipinski definition) is 3. The predicted octanol–water partition coefficient (Wildman–Crippen LogP) is 3.25. The van der Waals surface area contributed by atoms with E-state index in [9.17, 15) is 9.90 Å². The Hall–Kier alpha value is -3.21. The maximum Gasteiger partial charge on any atom is 0.244 e. The fraction of sp³-hybridized carbons (Fsp3) is 0.150. The Kier molecular flexibility index (Phi) is 5.04. The smallest absolute Gasteiger partial charge is 0.244 e. The number of rotatable bonds is 6. The lowest BCUT2D eigenvalue weighted by atomic mass is 10.1. The number of methoxy groups -OCH3 is 1. The number of H-pyrrole nitrogens is 1. The molecule has 0 aliphatic heterocycles. The first-order valence-corrected chi connectivity index (χ1v) is 8.04. The van der Waals surface area contributed by atoms with E-state index in [1.54, 1.807) is 37.5 Å². The minimum Gasteiger partial charge on any atom is -0.508 e. The summed E-state index contributed by atoms with van der Waals surface area (Å²) in [5, 5.41) is 13.2. The number of benzene rings is 2. The second kappa shape index (κ2) is 7.57. The van der Waals surface area contributed by atoms with Crippen molar-refractivity contribution in [2.45, 2.75) is 6.42 Å². The SMILES string of the molecule is COc1ccc2[nH]cc(CCNC(=O)/C=C\c3ccc(O)cc3)c2c1. The third-order valence-electron chi connectivity index (χ3n) is 3.99. The van der Waals surface area contributed by atoms with Crippen molar-refractivity contribution in [1.82, 2.24) is 10.3 Å². The molecule has 0 saturated carbocycles. The van der Waals surface area contributed by atoms with Gasteiger partial charge < -0.3 is 20.1 Å². The number of aromatic amines is 1. The van der Waals surface area contributed by atoms with E-state index >= 15 is 0 Å². The van der Waals surface area contributed by atoms with Crippen molar-refractivity contribution >= 4 is 22.9 Å². The van der Waals surface area contributed by atoms with Gasteiger partial charge in [-0.1, -0.05) is 12.1 Å². The number of hydrogen-bond donors (Lipinski definition) is 3. The van der Waals surface area contributed by atoms with Crippen LogP contribution in [0, 0.1) is 0 Å². The van der Waals surface area contributed by atoms with Gasteiger partial charge in [-0.3, -0.25) is 4.79 Å². The Labute approximate surface area is 145 Å². The van der Waals surface area contributed by atoms with Gasteiger partial charge in [0, 0.05) is 29.7 Å². The molecule has 3 N–H and O–H groups in total. The van der Waals surface area contributed by atoms with Crippen molar-refractivity contribution in [2.75, 3.05) is 13.7 Å². The second-order valence-corrected chi connectivity index (χ2v) is 5.69. The molecule has 25 heavy (non-hydrogen) atoms. The highest BCUT2D eigenvalue weighted by molar-refractivity contribution is 5.91. The number of nitrogens with one attached hydrogen (secondary N) is 2. The molecule has 3 aromatic rings. The number of carbonyl (C=O) groups is 1. The van der Waals surface area contributed by atoms with Gasteiger partial charge in [0.25, 0.3) is 0 Å². The topological polar surface area (TPSA) is 74.3 Å². The standard InChI is InChI=1S/C20H20N2O3/c1-25-17-7-8-19-18(12-17)15(13-22-19)10-11-21-20(24)9-4-14-2-5-16(23)6-3-14/h2-9,12-13,22-23H,10-11H2,1H3,(H,21,24)/b9-4-. The Morgan fingerprint density at radius 2 is 2.04 bits per heavy atom. The zero-order valence-electron chi connectivity index (χ0n) is 14.0. The average molecular weight is 336 g/mol. The quantitative estimate of drug-likeness (QED) is 0.605. The fourth-order valence-electron chi connectivity index (χ4n) is 2.63. The van der Waals surface area contributed by atoms with E-state index in [2.05, 4.69) is 10.3 Å². The summed E-state index contributed by atoms with van der Waals surface area (Å²) < 4.78 is 5.26. The van der Waals surface area contributed by atoms with Gasteiger partial charge in [0.1, 0.15) is 11.5 Å². The van der Waals surface area contributed by atoms with Gasteiger partial charge in [-0.05, 0) is 54.0 Å². The van der Waals surface area contributed by atoms with Gasteiger partial charge in [0.2, 0.25) is 5.91 Å². The van der Waals surface area contributed by atoms with Crippen LogP contribution >= 0.6 is 0 Å². The Balaban J connectivity index is 1.55. The summed E-state index contributed by atoms with van der Waals surface area (Å²) in [5.41, 5.74) is 3.04. The van der Waals surface area contributed by atoms with Crippen LogP contribution in [-0.4, -0.2) is 29.7 Å². The summed E-state index contributed by atoms with van der Waals surface area (Å²) in [7, 11) is 1.65. The first kappa shape index (κ1) is 16.6. The third kappa shape index (κ3) is 4.20. The van der Waals surface area contributed by atoms with Gasteiger partial charge in [-0.2, -0.15) is 0 Å². The molecule has 1 heterocycles. The molecule has 0 aliphatic carbocycles. The van der Waals surface area contributed by atoms with Crippen LogP contribution in [0.25, 0.3) is 17.0 Å². The van der Waals surface area contributed by atoms with Crippen LogP contribution in [0.2, 0.25) is 0 Å². The van der Waals surface area contributed by atoms with E-state index < -0.39 is 0 Å². The minimum absolute atomic E-state index is 0.148. The summed E-state index contributed by atoms with van der Waals surface area (Å²) in [5.74, 6) is 0.872. The summed E-state index contributed by atoms with van der Waals surface area (Å²) in [6.45, 7) is 0.545. The van der Waals surface area contributed by atoms with E-state index in [4.69, 9.17) is 4.74 Å². The zero-order valence-corrected chi connectivity index (χ0v) is 14.0. The molecule has 128 valence electrons. The molecule has 1 amide bonds. The fourth-order valence-corrected chi connectivity index (χ4v) is 2.63. The van der Waals surface area contributed by atoms with E-state index in [0.717, 1.165) is 34.2 Å². The molecule has 0 saturated heterocycles. The molecule has 0 bridgehead atoms. The second-order valence-electron chi connectivity index (χ2n) is 5.69. The summed E-state index contributed by atoms with van der Waals surface area (Å²) in [6.07, 6.45) is 5.89. The Morgan fingerprint density at radius 3 is 2.80 bits per heavy atom. The predicted molar refractivity (Wildman–Crippen MR) is 98.7 cm³/mol. The first-order valence-electron chi connectivity index (χ1n) is 8.04. The highest BCUT2D eigenvalue weighted by atomic mass is 16.5. The molecule has 5 heteroatoms. The van der Waals surface area contributed by atoms with Crippen LogP contribution in [0.5, 0.6) is 11.5 Å². The molecule has 5 nitrogen and oxygen atoms in total. The molecular weight excluding hydrogens is 316 g/mol. The Morgan fingerprint density at radius 1 is 1.24 bits per heavy atom. The maximum atomic E-state index is 11.9. The molecule has 0 unspecified atom stereocenters. The molecule has 1 aromatic heterocycles. The van der Waals surface area contributed by atoms with Crippen LogP contribution in [0.15, 0.2) is 54.7 Å².